The summed E-state index contributed by atoms with van der Waals surface area (Å²) in [6.07, 6.45) is -1.65. The zero-order valence-electron chi connectivity index (χ0n) is 5.59. The van der Waals surface area contributed by atoms with Crippen LogP contribution in [0.1, 0.15) is 5.69 Å². The standard InChI is InChI=1S/C5H5F3N2S/c1-11-10-4(2-3-9-10)5(6,7)8/h2-3H,1H3. The molecule has 0 amide bonds. The second-order valence-corrected chi connectivity index (χ2v) is 2.48. The fourth-order valence-electron chi connectivity index (χ4n) is 0.639. The van der Waals surface area contributed by atoms with Gasteiger partial charge in [0.25, 0.3) is 0 Å². The van der Waals surface area contributed by atoms with Gasteiger partial charge in [-0.2, -0.15) is 18.3 Å². The predicted molar refractivity (Wildman–Crippen MR) is 36.1 cm³/mol. The topological polar surface area (TPSA) is 17.8 Å². The van der Waals surface area contributed by atoms with Crippen LogP contribution in [0.5, 0.6) is 0 Å². The summed E-state index contributed by atoms with van der Waals surface area (Å²) >= 11 is 0.915. The molecule has 6 heteroatoms. The van der Waals surface area contributed by atoms with Crippen molar-refractivity contribution in [2.24, 2.45) is 0 Å². The van der Waals surface area contributed by atoms with E-state index in [2.05, 4.69) is 5.10 Å². The number of hydrogen-bond acceptors (Lipinski definition) is 2. The highest BCUT2D eigenvalue weighted by atomic mass is 32.2. The molecule has 0 aliphatic heterocycles. The molecule has 11 heavy (non-hydrogen) atoms. The van der Waals surface area contributed by atoms with Crippen molar-refractivity contribution in [1.29, 1.82) is 0 Å². The monoisotopic (exact) mass is 182 g/mol. The van der Waals surface area contributed by atoms with Gasteiger partial charge in [-0.1, -0.05) is 0 Å². The normalized spacial score (nSPS) is 12.0. The first kappa shape index (κ1) is 8.45. The zero-order valence-corrected chi connectivity index (χ0v) is 6.41. The number of halogens is 3. The number of hydrogen-bond donors (Lipinski definition) is 0. The first-order valence-electron chi connectivity index (χ1n) is 2.71. The molecule has 2 nitrogen and oxygen atoms in total. The first-order valence-corrected chi connectivity index (χ1v) is 3.89. The minimum absolute atomic E-state index is 0.731. The Morgan fingerprint density at radius 1 is 1.55 bits per heavy atom. The molecule has 62 valence electrons. The molecule has 0 saturated carbocycles. The molecule has 0 aromatic carbocycles. The fraction of sp³-hybridized carbons (Fsp3) is 0.400. The van der Waals surface area contributed by atoms with Crippen molar-refractivity contribution in [2.75, 3.05) is 6.26 Å². The van der Waals surface area contributed by atoms with Crippen molar-refractivity contribution >= 4 is 11.9 Å². The highest BCUT2D eigenvalue weighted by molar-refractivity contribution is 7.97. The third-order valence-electron chi connectivity index (χ3n) is 1.07. The third-order valence-corrected chi connectivity index (χ3v) is 1.71. The molecule has 1 heterocycles. The van der Waals surface area contributed by atoms with Crippen LogP contribution >= 0.6 is 11.9 Å². The Labute approximate surface area is 65.5 Å². The molecule has 0 spiro atoms. The summed E-state index contributed by atoms with van der Waals surface area (Å²) in [4.78, 5) is 0. The van der Waals surface area contributed by atoms with Gasteiger partial charge in [0.1, 0.15) is 0 Å². The maximum absolute atomic E-state index is 12.0. The van der Waals surface area contributed by atoms with Crippen LogP contribution < -0.4 is 0 Å². The summed E-state index contributed by atoms with van der Waals surface area (Å²) in [5.41, 5.74) is -0.731. The van der Waals surface area contributed by atoms with Crippen LogP contribution in [-0.4, -0.2) is 15.4 Å². The average molecular weight is 182 g/mol. The second-order valence-electron chi connectivity index (χ2n) is 1.77. The van der Waals surface area contributed by atoms with Gasteiger partial charge in [-0.05, 0) is 18.0 Å². The summed E-state index contributed by atoms with van der Waals surface area (Å²) in [5.74, 6) is 0. The third kappa shape index (κ3) is 1.68. The molecule has 1 aromatic rings. The van der Waals surface area contributed by atoms with Gasteiger partial charge >= 0.3 is 6.18 Å². The van der Waals surface area contributed by atoms with Gasteiger partial charge in [0, 0.05) is 6.26 Å². The smallest absolute Gasteiger partial charge is 0.202 e. The second kappa shape index (κ2) is 2.77. The lowest BCUT2D eigenvalue weighted by molar-refractivity contribution is -0.141. The average Bonchev–Trinajstić information content (AvgIpc) is 2.31. The van der Waals surface area contributed by atoms with Crippen molar-refractivity contribution in [3.8, 4) is 0 Å². The quantitative estimate of drug-likeness (QED) is 0.661. The van der Waals surface area contributed by atoms with Crippen LogP contribution in [-0.2, 0) is 6.18 Å². The van der Waals surface area contributed by atoms with Crippen LogP contribution in [0.15, 0.2) is 12.3 Å². The van der Waals surface area contributed by atoms with E-state index >= 15 is 0 Å². The van der Waals surface area contributed by atoms with E-state index in [0.29, 0.717) is 0 Å². The van der Waals surface area contributed by atoms with Gasteiger partial charge in [0.05, 0.1) is 6.20 Å². The Kier molecular flexibility index (Phi) is 2.12. The van der Waals surface area contributed by atoms with Crippen molar-refractivity contribution in [1.82, 2.24) is 9.19 Å². The van der Waals surface area contributed by atoms with Gasteiger partial charge in [0.2, 0.25) is 0 Å². The van der Waals surface area contributed by atoms with Gasteiger partial charge in [-0.15, -0.1) is 0 Å². The van der Waals surface area contributed by atoms with E-state index in [1.54, 1.807) is 0 Å². The minimum atomic E-state index is -4.31. The minimum Gasteiger partial charge on any atom is -0.202 e. The van der Waals surface area contributed by atoms with Crippen molar-refractivity contribution in [3.05, 3.63) is 18.0 Å². The molecule has 0 radical (unpaired) electrons. The van der Waals surface area contributed by atoms with E-state index in [1.165, 1.54) is 6.26 Å². The van der Waals surface area contributed by atoms with Crippen LogP contribution in [0.4, 0.5) is 13.2 Å². The number of aromatic nitrogens is 2. The molecule has 0 atom stereocenters. The number of rotatable bonds is 1. The Hall–Kier alpha value is -0.650. The van der Waals surface area contributed by atoms with Gasteiger partial charge in [0.15, 0.2) is 5.69 Å². The summed E-state index contributed by atoms with van der Waals surface area (Å²) in [6, 6.07) is 0.941. The summed E-state index contributed by atoms with van der Waals surface area (Å²) in [7, 11) is 0. The van der Waals surface area contributed by atoms with Crippen molar-refractivity contribution in [3.63, 3.8) is 0 Å². The summed E-state index contributed by atoms with van der Waals surface area (Å²) in [6.45, 7) is 0. The summed E-state index contributed by atoms with van der Waals surface area (Å²) < 4.78 is 36.8. The van der Waals surface area contributed by atoms with Gasteiger partial charge < -0.3 is 0 Å². The molecular weight excluding hydrogens is 177 g/mol. The van der Waals surface area contributed by atoms with E-state index < -0.39 is 11.9 Å². The van der Waals surface area contributed by atoms with E-state index in [1.807, 2.05) is 0 Å². The SMILES string of the molecule is CSn1nccc1C(F)(F)F. The maximum atomic E-state index is 12.0. The zero-order chi connectivity index (χ0) is 8.48. The molecule has 0 aliphatic carbocycles. The molecular formula is C5H5F3N2S. The Morgan fingerprint density at radius 2 is 2.18 bits per heavy atom. The lowest BCUT2D eigenvalue weighted by atomic mass is 10.4. The molecule has 0 fully saturated rings. The lowest BCUT2D eigenvalue weighted by Crippen LogP contribution is -2.10. The van der Waals surface area contributed by atoms with Gasteiger partial charge in [-0.25, -0.2) is 4.09 Å². The maximum Gasteiger partial charge on any atom is 0.434 e. The predicted octanol–water partition coefficient (Wildman–Crippen LogP) is 2.03. The fourth-order valence-corrected chi connectivity index (χ4v) is 1.15. The number of nitrogens with zero attached hydrogens (tertiary/aromatic N) is 2. The van der Waals surface area contributed by atoms with E-state index in [0.717, 1.165) is 28.3 Å². The molecule has 0 aliphatic rings. The lowest BCUT2D eigenvalue weighted by Gasteiger charge is -2.06. The van der Waals surface area contributed by atoms with Crippen LogP contribution in [0, 0.1) is 0 Å². The van der Waals surface area contributed by atoms with Crippen molar-refractivity contribution in [2.45, 2.75) is 6.18 Å². The van der Waals surface area contributed by atoms with Crippen LogP contribution in [0.2, 0.25) is 0 Å². The van der Waals surface area contributed by atoms with Gasteiger partial charge in [-0.3, -0.25) is 0 Å². The van der Waals surface area contributed by atoms with E-state index in [9.17, 15) is 13.2 Å². The number of alkyl halides is 3. The molecule has 0 unspecified atom stereocenters. The van der Waals surface area contributed by atoms with Crippen LogP contribution in [0.3, 0.4) is 0 Å². The largest absolute Gasteiger partial charge is 0.434 e. The molecule has 1 rings (SSSR count). The van der Waals surface area contributed by atoms with Crippen molar-refractivity contribution < 1.29 is 13.2 Å². The molecule has 0 N–H and O–H groups in total. The highest BCUT2D eigenvalue weighted by Gasteiger charge is 2.34. The molecule has 1 aromatic heterocycles. The first-order chi connectivity index (χ1) is 5.05. The Morgan fingerprint density at radius 3 is 2.55 bits per heavy atom. The molecule has 0 saturated heterocycles. The Balaban J connectivity index is 3.02. The highest BCUT2D eigenvalue weighted by Crippen LogP contribution is 2.29. The Bertz CT molecular complexity index is 242. The molecule has 0 bridgehead atoms. The van der Waals surface area contributed by atoms with Crippen LogP contribution in [0.25, 0.3) is 0 Å². The summed E-state index contributed by atoms with van der Waals surface area (Å²) in [5, 5.41) is 3.46. The van der Waals surface area contributed by atoms with E-state index in [-0.39, 0.29) is 0 Å². The van der Waals surface area contributed by atoms with E-state index in [4.69, 9.17) is 0 Å².